The molecule has 1 unspecified atom stereocenters. The Balaban J connectivity index is 1.54. The molecule has 0 bridgehead atoms. The summed E-state index contributed by atoms with van der Waals surface area (Å²) in [4.78, 5) is 29.3. The first-order chi connectivity index (χ1) is 14.8. The molecule has 0 amide bonds. The van der Waals surface area contributed by atoms with Crippen molar-refractivity contribution in [2.75, 3.05) is 13.1 Å². The smallest absolute Gasteiger partial charge is 0.338 e. The van der Waals surface area contributed by atoms with E-state index in [1.165, 1.54) is 44.3 Å². The van der Waals surface area contributed by atoms with Gasteiger partial charge in [-0.15, -0.1) is 11.3 Å². The highest BCUT2D eigenvalue weighted by molar-refractivity contribution is 7.89. The highest BCUT2D eigenvalue weighted by atomic mass is 35.5. The number of piperidine rings is 1. The minimum atomic E-state index is -3.83. The van der Waals surface area contributed by atoms with Gasteiger partial charge in [-0.1, -0.05) is 18.5 Å². The van der Waals surface area contributed by atoms with Crippen LogP contribution in [0.4, 0.5) is 0 Å². The molecular weight excluding hydrogens is 462 g/mol. The van der Waals surface area contributed by atoms with Crippen LogP contribution in [0.3, 0.4) is 0 Å². The number of sulfonamides is 1. The molecule has 0 N–H and O–H groups in total. The SMILES string of the molecule is CC1CCCN(S(=O)(=O)c2cc(C(=O)OCc3cc(=O)n4ccsc4n3)ccc2Cl)C1. The van der Waals surface area contributed by atoms with Crippen molar-refractivity contribution in [3.63, 3.8) is 0 Å². The van der Waals surface area contributed by atoms with E-state index < -0.39 is 16.0 Å². The molecule has 1 fully saturated rings. The van der Waals surface area contributed by atoms with Gasteiger partial charge in [0.1, 0.15) is 11.5 Å². The zero-order chi connectivity index (χ0) is 22.2. The van der Waals surface area contributed by atoms with Crippen LogP contribution in [-0.2, 0) is 21.4 Å². The van der Waals surface area contributed by atoms with Gasteiger partial charge in [0, 0.05) is 30.7 Å². The van der Waals surface area contributed by atoms with E-state index in [1.807, 2.05) is 6.92 Å². The maximum Gasteiger partial charge on any atom is 0.338 e. The molecule has 1 aliphatic heterocycles. The van der Waals surface area contributed by atoms with E-state index in [4.69, 9.17) is 16.3 Å². The largest absolute Gasteiger partial charge is 0.456 e. The van der Waals surface area contributed by atoms with Gasteiger partial charge < -0.3 is 4.74 Å². The number of ether oxygens (including phenoxy) is 1. The number of esters is 1. The summed E-state index contributed by atoms with van der Waals surface area (Å²) in [7, 11) is -3.83. The third kappa shape index (κ3) is 4.52. The molecule has 3 aromatic rings. The highest BCUT2D eigenvalue weighted by Gasteiger charge is 2.31. The predicted molar refractivity (Wildman–Crippen MR) is 117 cm³/mol. The number of carbonyl (C=O) groups is 1. The van der Waals surface area contributed by atoms with E-state index in [-0.39, 0.29) is 33.6 Å². The van der Waals surface area contributed by atoms with Crippen LogP contribution in [0.1, 0.15) is 35.8 Å². The molecule has 0 aliphatic carbocycles. The maximum absolute atomic E-state index is 13.1. The van der Waals surface area contributed by atoms with E-state index in [1.54, 1.807) is 11.6 Å². The van der Waals surface area contributed by atoms with Gasteiger partial charge in [-0.05, 0) is 37.0 Å². The third-order valence-electron chi connectivity index (χ3n) is 5.11. The van der Waals surface area contributed by atoms with Gasteiger partial charge in [-0.3, -0.25) is 9.20 Å². The summed E-state index contributed by atoms with van der Waals surface area (Å²) in [5.41, 5.74) is 0.0970. The summed E-state index contributed by atoms with van der Waals surface area (Å²) in [5.74, 6) is -0.471. The molecule has 1 aliphatic rings. The van der Waals surface area contributed by atoms with Crippen LogP contribution in [0.2, 0.25) is 5.02 Å². The molecule has 0 saturated carbocycles. The van der Waals surface area contributed by atoms with Gasteiger partial charge in [0.2, 0.25) is 10.0 Å². The Morgan fingerprint density at radius 2 is 2.16 bits per heavy atom. The van der Waals surface area contributed by atoms with Crippen molar-refractivity contribution in [2.24, 2.45) is 5.92 Å². The molecule has 31 heavy (non-hydrogen) atoms. The van der Waals surface area contributed by atoms with Crippen LogP contribution in [0, 0.1) is 5.92 Å². The van der Waals surface area contributed by atoms with Crippen LogP contribution in [0.5, 0.6) is 0 Å². The fourth-order valence-corrected chi connectivity index (χ4v) is 6.35. The molecule has 0 spiro atoms. The monoisotopic (exact) mass is 481 g/mol. The van der Waals surface area contributed by atoms with E-state index in [2.05, 4.69) is 4.98 Å². The first kappa shape index (κ1) is 21.9. The number of hydrogen-bond donors (Lipinski definition) is 0. The van der Waals surface area contributed by atoms with Gasteiger partial charge in [-0.25, -0.2) is 18.2 Å². The first-order valence-corrected chi connectivity index (χ1v) is 12.4. The Morgan fingerprint density at radius 3 is 2.94 bits per heavy atom. The Kier molecular flexibility index (Phi) is 6.16. The fourth-order valence-electron chi connectivity index (χ4n) is 3.52. The van der Waals surface area contributed by atoms with E-state index in [9.17, 15) is 18.0 Å². The molecule has 1 atom stereocenters. The average molecular weight is 482 g/mol. The lowest BCUT2D eigenvalue weighted by molar-refractivity contribution is 0.0467. The fraction of sp³-hybridized carbons (Fsp3) is 0.350. The van der Waals surface area contributed by atoms with Crippen molar-refractivity contribution in [3.05, 3.63) is 62.5 Å². The Bertz CT molecular complexity index is 1300. The Morgan fingerprint density at radius 1 is 1.35 bits per heavy atom. The number of hydrogen-bond acceptors (Lipinski definition) is 7. The number of nitrogens with zero attached hydrogens (tertiary/aromatic N) is 3. The summed E-state index contributed by atoms with van der Waals surface area (Å²) in [6, 6.07) is 5.32. The normalized spacial score (nSPS) is 17.7. The highest BCUT2D eigenvalue weighted by Crippen LogP contribution is 2.29. The second-order valence-corrected chi connectivity index (χ2v) is 10.7. The summed E-state index contributed by atoms with van der Waals surface area (Å²) in [6.07, 6.45) is 3.37. The molecule has 1 saturated heterocycles. The van der Waals surface area contributed by atoms with Crippen molar-refractivity contribution in [2.45, 2.75) is 31.3 Å². The number of aromatic nitrogens is 2. The maximum atomic E-state index is 13.1. The zero-order valence-electron chi connectivity index (χ0n) is 16.7. The first-order valence-electron chi connectivity index (χ1n) is 9.68. The molecule has 1 aromatic carbocycles. The summed E-state index contributed by atoms with van der Waals surface area (Å²) in [5, 5.41) is 1.78. The van der Waals surface area contributed by atoms with Gasteiger partial charge in [0.05, 0.1) is 16.3 Å². The van der Waals surface area contributed by atoms with E-state index >= 15 is 0 Å². The number of carbonyl (C=O) groups excluding carboxylic acids is 1. The van der Waals surface area contributed by atoms with Crippen molar-refractivity contribution in [1.29, 1.82) is 0 Å². The molecular formula is C20H20ClN3O5S2. The lowest BCUT2D eigenvalue weighted by atomic mass is 10.0. The van der Waals surface area contributed by atoms with Gasteiger partial charge in [0.15, 0.2) is 4.96 Å². The van der Waals surface area contributed by atoms with Gasteiger partial charge >= 0.3 is 5.97 Å². The lowest BCUT2D eigenvalue weighted by Crippen LogP contribution is -2.39. The van der Waals surface area contributed by atoms with Crippen molar-refractivity contribution >= 4 is 43.9 Å². The minimum absolute atomic E-state index is 0.0487. The van der Waals surface area contributed by atoms with Crippen LogP contribution in [0.25, 0.3) is 4.96 Å². The minimum Gasteiger partial charge on any atom is -0.456 e. The summed E-state index contributed by atoms with van der Waals surface area (Å²) >= 11 is 7.46. The lowest BCUT2D eigenvalue weighted by Gasteiger charge is -2.30. The summed E-state index contributed by atoms with van der Waals surface area (Å²) in [6.45, 7) is 2.63. The van der Waals surface area contributed by atoms with Gasteiger partial charge in [0.25, 0.3) is 5.56 Å². The molecule has 11 heteroatoms. The number of halogens is 1. The van der Waals surface area contributed by atoms with Crippen molar-refractivity contribution < 1.29 is 17.9 Å². The molecule has 2 aromatic heterocycles. The Hall–Kier alpha value is -2.27. The quantitative estimate of drug-likeness (QED) is 0.519. The average Bonchev–Trinajstić information content (AvgIpc) is 3.21. The van der Waals surface area contributed by atoms with E-state index in [0.29, 0.717) is 23.7 Å². The zero-order valence-corrected chi connectivity index (χ0v) is 19.0. The summed E-state index contributed by atoms with van der Waals surface area (Å²) < 4.78 is 34.2. The number of fused-ring (bicyclic) bond motifs is 1. The molecule has 0 radical (unpaired) electrons. The predicted octanol–water partition coefficient (Wildman–Crippen LogP) is 3.19. The standard InChI is InChI=1S/C20H20ClN3O5S2/c1-13-3-2-6-23(11-13)31(27,28)17-9-14(4-5-16(17)21)19(26)29-12-15-10-18(25)24-7-8-30-20(24)22-15/h4-5,7-10,13H,2-3,6,11-12H2,1H3. The third-order valence-corrected chi connectivity index (χ3v) is 8.22. The van der Waals surface area contributed by atoms with E-state index in [0.717, 1.165) is 12.8 Å². The topological polar surface area (TPSA) is 98.0 Å². The molecule has 164 valence electrons. The van der Waals surface area contributed by atoms with Crippen LogP contribution in [0.15, 0.2) is 45.5 Å². The van der Waals surface area contributed by atoms with Crippen LogP contribution < -0.4 is 5.56 Å². The van der Waals surface area contributed by atoms with Gasteiger partial charge in [-0.2, -0.15) is 4.31 Å². The molecule has 4 rings (SSSR count). The molecule has 8 nitrogen and oxygen atoms in total. The van der Waals surface area contributed by atoms with Crippen LogP contribution in [-0.4, -0.2) is 41.2 Å². The molecule has 3 heterocycles. The van der Waals surface area contributed by atoms with Crippen molar-refractivity contribution in [3.8, 4) is 0 Å². The second-order valence-electron chi connectivity index (χ2n) is 7.47. The number of benzene rings is 1. The number of rotatable bonds is 5. The van der Waals surface area contributed by atoms with Crippen molar-refractivity contribution in [1.82, 2.24) is 13.7 Å². The number of thiazole rings is 1. The van der Waals surface area contributed by atoms with Crippen LogP contribution >= 0.6 is 22.9 Å². The Labute approximate surface area is 188 Å². The second kappa shape index (κ2) is 8.70.